The number of rotatable bonds is 7. The molecule has 6 heteroatoms. The maximum Gasteiger partial charge on any atom is 0.244 e. The first-order valence-electron chi connectivity index (χ1n) is 8.65. The molecule has 2 atom stereocenters. The second kappa shape index (κ2) is 8.36. The van der Waals surface area contributed by atoms with Crippen molar-refractivity contribution >= 4 is 21.6 Å². The summed E-state index contributed by atoms with van der Waals surface area (Å²) < 4.78 is 26.1. The first-order valence-corrected chi connectivity index (χ1v) is 10.5. The zero-order valence-electron chi connectivity index (χ0n) is 15.6. The zero-order valence-corrected chi connectivity index (χ0v) is 16.5. The quantitative estimate of drug-likeness (QED) is 0.807. The highest BCUT2D eigenvalue weighted by atomic mass is 32.2. The van der Waals surface area contributed by atoms with E-state index in [1.54, 1.807) is 12.1 Å². The van der Waals surface area contributed by atoms with Crippen molar-refractivity contribution in [3.63, 3.8) is 0 Å². The Hall–Kier alpha value is -2.34. The second-order valence-electron chi connectivity index (χ2n) is 6.46. The molecular formula is C20H26N2O3S. The van der Waals surface area contributed by atoms with Crippen LogP contribution < -0.4 is 9.62 Å². The van der Waals surface area contributed by atoms with Gasteiger partial charge < -0.3 is 5.32 Å². The summed E-state index contributed by atoms with van der Waals surface area (Å²) >= 11 is 0. The van der Waals surface area contributed by atoms with Gasteiger partial charge in [0, 0.05) is 0 Å². The number of hydrogen-bond donors (Lipinski definition) is 1. The number of amides is 1. The van der Waals surface area contributed by atoms with Crippen LogP contribution in [-0.4, -0.2) is 26.6 Å². The van der Waals surface area contributed by atoms with Gasteiger partial charge in [0.1, 0.15) is 6.04 Å². The summed E-state index contributed by atoms with van der Waals surface area (Å²) in [4.78, 5) is 12.9. The normalized spacial score (nSPS) is 13.7. The number of anilines is 1. The molecule has 1 amide bonds. The molecule has 1 N–H and O–H groups in total. The van der Waals surface area contributed by atoms with Gasteiger partial charge in [-0.3, -0.25) is 9.10 Å². The molecular weight excluding hydrogens is 348 g/mol. The summed E-state index contributed by atoms with van der Waals surface area (Å²) in [6.45, 7) is 5.63. The lowest BCUT2D eigenvalue weighted by atomic mass is 10.1. The second-order valence-corrected chi connectivity index (χ2v) is 8.32. The molecule has 5 nitrogen and oxygen atoms in total. The Bertz CT molecular complexity index is 833. The predicted molar refractivity (Wildman–Crippen MR) is 106 cm³/mol. The molecule has 26 heavy (non-hydrogen) atoms. The van der Waals surface area contributed by atoms with Gasteiger partial charge in [0.2, 0.25) is 15.9 Å². The third-order valence-electron chi connectivity index (χ3n) is 4.28. The lowest BCUT2D eigenvalue weighted by Crippen LogP contribution is -2.49. The predicted octanol–water partition coefficient (Wildman–Crippen LogP) is 3.42. The molecule has 1 unspecified atom stereocenters. The lowest BCUT2D eigenvalue weighted by molar-refractivity contribution is -0.122. The summed E-state index contributed by atoms with van der Waals surface area (Å²) in [6, 6.07) is 15.7. The van der Waals surface area contributed by atoms with Gasteiger partial charge in [-0.05, 0) is 38.0 Å². The summed E-state index contributed by atoms with van der Waals surface area (Å²) in [5.74, 6) is -0.310. The molecule has 0 aromatic heterocycles. The molecule has 140 valence electrons. The van der Waals surface area contributed by atoms with E-state index < -0.39 is 16.1 Å². The highest BCUT2D eigenvalue weighted by Gasteiger charge is 2.32. The number of carbonyl (C=O) groups excluding carboxylic acids is 1. The Balaban J connectivity index is 2.29. The van der Waals surface area contributed by atoms with Gasteiger partial charge in [-0.25, -0.2) is 8.42 Å². The van der Waals surface area contributed by atoms with Crippen LogP contribution in [0.25, 0.3) is 0 Å². The smallest absolute Gasteiger partial charge is 0.244 e. The largest absolute Gasteiger partial charge is 0.348 e. The fraction of sp³-hybridized carbons (Fsp3) is 0.350. The van der Waals surface area contributed by atoms with Crippen molar-refractivity contribution in [3.05, 3.63) is 65.7 Å². The topological polar surface area (TPSA) is 66.5 Å². The van der Waals surface area contributed by atoms with Gasteiger partial charge >= 0.3 is 0 Å². The number of aryl methyl sites for hydroxylation is 1. The highest BCUT2D eigenvalue weighted by molar-refractivity contribution is 7.92. The Labute approximate surface area is 156 Å². The minimum atomic E-state index is -3.62. The molecule has 2 aromatic carbocycles. The van der Waals surface area contributed by atoms with Crippen LogP contribution in [0.4, 0.5) is 5.69 Å². The van der Waals surface area contributed by atoms with E-state index in [2.05, 4.69) is 5.32 Å². The molecule has 0 bridgehead atoms. The zero-order chi connectivity index (χ0) is 19.3. The van der Waals surface area contributed by atoms with Crippen molar-refractivity contribution in [2.24, 2.45) is 0 Å². The minimum Gasteiger partial charge on any atom is -0.348 e. The molecule has 0 fully saturated rings. The van der Waals surface area contributed by atoms with Gasteiger partial charge in [-0.2, -0.15) is 0 Å². The third-order valence-corrected chi connectivity index (χ3v) is 5.46. The van der Waals surface area contributed by atoms with Gasteiger partial charge in [0.25, 0.3) is 0 Å². The first kappa shape index (κ1) is 20.0. The minimum absolute atomic E-state index is 0.211. The molecule has 0 aliphatic carbocycles. The monoisotopic (exact) mass is 374 g/mol. The van der Waals surface area contributed by atoms with E-state index in [1.807, 2.05) is 63.2 Å². The summed E-state index contributed by atoms with van der Waals surface area (Å²) in [6.07, 6.45) is 1.50. The average molecular weight is 375 g/mol. The molecule has 0 heterocycles. The first-order chi connectivity index (χ1) is 12.2. The van der Waals surface area contributed by atoms with Crippen LogP contribution in [0.5, 0.6) is 0 Å². The van der Waals surface area contributed by atoms with Crippen LogP contribution in [0, 0.1) is 6.92 Å². The molecule has 0 saturated carbocycles. The number of sulfonamides is 1. The Morgan fingerprint density at radius 3 is 2.15 bits per heavy atom. The molecule has 2 rings (SSSR count). The van der Waals surface area contributed by atoms with Crippen molar-refractivity contribution in [3.8, 4) is 0 Å². The van der Waals surface area contributed by atoms with Gasteiger partial charge in [-0.15, -0.1) is 0 Å². The van der Waals surface area contributed by atoms with Gasteiger partial charge in [0.15, 0.2) is 0 Å². The third kappa shape index (κ3) is 4.85. The van der Waals surface area contributed by atoms with E-state index >= 15 is 0 Å². The fourth-order valence-electron chi connectivity index (χ4n) is 2.89. The molecule has 0 saturated heterocycles. The summed E-state index contributed by atoms with van der Waals surface area (Å²) in [7, 11) is -3.62. The van der Waals surface area contributed by atoms with Crippen molar-refractivity contribution in [1.29, 1.82) is 0 Å². The van der Waals surface area contributed by atoms with Crippen LogP contribution >= 0.6 is 0 Å². The lowest BCUT2D eigenvalue weighted by Gasteiger charge is -2.31. The molecule has 0 aliphatic heterocycles. The van der Waals surface area contributed by atoms with E-state index in [9.17, 15) is 13.2 Å². The van der Waals surface area contributed by atoms with E-state index in [0.29, 0.717) is 12.1 Å². The van der Waals surface area contributed by atoms with Crippen LogP contribution in [0.1, 0.15) is 37.4 Å². The molecule has 0 aliphatic rings. The Morgan fingerprint density at radius 1 is 1.08 bits per heavy atom. The number of nitrogens with zero attached hydrogens (tertiary/aromatic N) is 1. The number of benzene rings is 2. The van der Waals surface area contributed by atoms with Crippen molar-refractivity contribution in [2.45, 2.75) is 39.3 Å². The Kier molecular flexibility index (Phi) is 6.42. The SMILES string of the molecule is CCC(C(=O)N[C@@H](C)c1ccccc1)N(c1ccc(C)cc1)S(C)(=O)=O. The average Bonchev–Trinajstić information content (AvgIpc) is 2.60. The van der Waals surface area contributed by atoms with Crippen LogP contribution in [-0.2, 0) is 14.8 Å². The van der Waals surface area contributed by atoms with E-state index in [0.717, 1.165) is 17.4 Å². The van der Waals surface area contributed by atoms with E-state index in [-0.39, 0.29) is 11.9 Å². The fourth-order valence-corrected chi connectivity index (χ4v) is 4.10. The van der Waals surface area contributed by atoms with E-state index in [4.69, 9.17) is 0 Å². The Morgan fingerprint density at radius 2 is 1.65 bits per heavy atom. The van der Waals surface area contributed by atoms with Gasteiger partial charge in [-0.1, -0.05) is 55.0 Å². The van der Waals surface area contributed by atoms with Crippen LogP contribution in [0.3, 0.4) is 0 Å². The molecule has 2 aromatic rings. The molecule has 0 spiro atoms. The summed E-state index contributed by atoms with van der Waals surface area (Å²) in [5, 5.41) is 2.94. The maximum absolute atomic E-state index is 12.9. The van der Waals surface area contributed by atoms with Gasteiger partial charge in [0.05, 0.1) is 18.0 Å². The van der Waals surface area contributed by atoms with Crippen molar-refractivity contribution in [1.82, 2.24) is 5.32 Å². The number of hydrogen-bond acceptors (Lipinski definition) is 3. The number of nitrogens with one attached hydrogen (secondary N) is 1. The van der Waals surface area contributed by atoms with Crippen LogP contribution in [0.15, 0.2) is 54.6 Å². The van der Waals surface area contributed by atoms with E-state index in [1.165, 1.54) is 4.31 Å². The molecule has 0 radical (unpaired) electrons. The maximum atomic E-state index is 12.9. The van der Waals surface area contributed by atoms with Crippen molar-refractivity contribution < 1.29 is 13.2 Å². The number of carbonyl (C=O) groups is 1. The highest BCUT2D eigenvalue weighted by Crippen LogP contribution is 2.23. The standard InChI is InChI=1S/C20H26N2O3S/c1-5-19(20(23)21-16(3)17-9-7-6-8-10-17)22(26(4,24)25)18-13-11-15(2)12-14-18/h6-14,16,19H,5H2,1-4H3,(H,21,23)/t16-,19?/m0/s1. The summed E-state index contributed by atoms with van der Waals surface area (Å²) in [5.41, 5.74) is 2.49. The van der Waals surface area contributed by atoms with Crippen LogP contribution in [0.2, 0.25) is 0 Å². The van der Waals surface area contributed by atoms with Crippen molar-refractivity contribution in [2.75, 3.05) is 10.6 Å².